The SMILES string of the molecule is CN(CCCO)C1CCN(C(=O)/C=C/c2ccc3c(c2)CCO3)CC1. The van der Waals surface area contributed by atoms with Gasteiger partial charge >= 0.3 is 0 Å². The van der Waals surface area contributed by atoms with E-state index in [9.17, 15) is 4.79 Å². The van der Waals surface area contributed by atoms with Crippen molar-refractivity contribution in [3.8, 4) is 5.75 Å². The van der Waals surface area contributed by atoms with Gasteiger partial charge < -0.3 is 19.6 Å². The summed E-state index contributed by atoms with van der Waals surface area (Å²) in [5.41, 5.74) is 2.28. The molecule has 2 aliphatic heterocycles. The van der Waals surface area contributed by atoms with Gasteiger partial charge in [0.05, 0.1) is 6.61 Å². The second kappa shape index (κ2) is 8.50. The van der Waals surface area contributed by atoms with Gasteiger partial charge in [-0.15, -0.1) is 0 Å². The molecule has 136 valence electrons. The summed E-state index contributed by atoms with van der Waals surface area (Å²) < 4.78 is 5.51. The summed E-state index contributed by atoms with van der Waals surface area (Å²) in [5, 5.41) is 8.94. The molecule has 1 aromatic rings. The van der Waals surface area contributed by atoms with Crippen molar-refractivity contribution in [3.05, 3.63) is 35.4 Å². The third kappa shape index (κ3) is 4.61. The van der Waals surface area contributed by atoms with Crippen LogP contribution in [0.25, 0.3) is 6.08 Å². The fourth-order valence-electron chi connectivity index (χ4n) is 3.61. The van der Waals surface area contributed by atoms with Gasteiger partial charge in [-0.25, -0.2) is 0 Å². The largest absolute Gasteiger partial charge is 0.493 e. The van der Waals surface area contributed by atoms with Crippen molar-refractivity contribution in [1.29, 1.82) is 0 Å². The van der Waals surface area contributed by atoms with E-state index in [-0.39, 0.29) is 12.5 Å². The zero-order valence-corrected chi connectivity index (χ0v) is 15.0. The number of aliphatic hydroxyl groups excluding tert-OH is 1. The van der Waals surface area contributed by atoms with Gasteiger partial charge in [-0.3, -0.25) is 4.79 Å². The second-order valence-corrected chi connectivity index (χ2v) is 6.91. The number of fused-ring (bicyclic) bond motifs is 1. The van der Waals surface area contributed by atoms with E-state index in [1.165, 1.54) is 5.56 Å². The molecule has 1 fully saturated rings. The van der Waals surface area contributed by atoms with Gasteiger partial charge in [0.2, 0.25) is 5.91 Å². The molecule has 2 heterocycles. The van der Waals surface area contributed by atoms with E-state index in [0.717, 1.165) is 63.2 Å². The first-order valence-corrected chi connectivity index (χ1v) is 9.21. The monoisotopic (exact) mass is 344 g/mol. The first kappa shape index (κ1) is 18.0. The molecule has 0 atom stereocenters. The molecule has 0 unspecified atom stereocenters. The number of piperidine rings is 1. The lowest BCUT2D eigenvalue weighted by atomic mass is 10.0. The number of hydrogen-bond acceptors (Lipinski definition) is 4. The molecule has 25 heavy (non-hydrogen) atoms. The fourth-order valence-corrected chi connectivity index (χ4v) is 3.61. The molecule has 1 N–H and O–H groups in total. The number of nitrogens with zero attached hydrogens (tertiary/aromatic N) is 2. The summed E-state index contributed by atoms with van der Waals surface area (Å²) in [6.45, 7) is 3.51. The van der Waals surface area contributed by atoms with E-state index in [0.29, 0.717) is 6.04 Å². The Morgan fingerprint density at radius 1 is 1.40 bits per heavy atom. The quantitative estimate of drug-likeness (QED) is 0.802. The molecule has 5 heteroatoms. The Hall–Kier alpha value is -1.85. The third-order valence-electron chi connectivity index (χ3n) is 5.20. The Morgan fingerprint density at radius 3 is 2.96 bits per heavy atom. The topological polar surface area (TPSA) is 53.0 Å². The summed E-state index contributed by atoms with van der Waals surface area (Å²) in [6, 6.07) is 6.60. The number of likely N-dealkylation sites (tertiary alicyclic amines) is 1. The van der Waals surface area contributed by atoms with Crippen molar-refractivity contribution in [1.82, 2.24) is 9.80 Å². The van der Waals surface area contributed by atoms with Crippen LogP contribution in [-0.2, 0) is 11.2 Å². The Balaban J connectivity index is 1.49. The van der Waals surface area contributed by atoms with Crippen LogP contribution in [0.3, 0.4) is 0 Å². The number of amides is 1. The lowest BCUT2D eigenvalue weighted by molar-refractivity contribution is -0.127. The summed E-state index contributed by atoms with van der Waals surface area (Å²) in [4.78, 5) is 16.7. The summed E-state index contributed by atoms with van der Waals surface area (Å²) in [6.07, 6.45) is 7.34. The molecule has 5 nitrogen and oxygen atoms in total. The van der Waals surface area contributed by atoms with E-state index < -0.39 is 0 Å². The third-order valence-corrected chi connectivity index (χ3v) is 5.20. The molecule has 1 saturated heterocycles. The number of rotatable bonds is 6. The van der Waals surface area contributed by atoms with Gasteiger partial charge in [0.15, 0.2) is 0 Å². The minimum Gasteiger partial charge on any atom is -0.493 e. The van der Waals surface area contributed by atoms with Crippen molar-refractivity contribution in [3.63, 3.8) is 0 Å². The zero-order chi connectivity index (χ0) is 17.6. The maximum absolute atomic E-state index is 12.4. The lowest BCUT2D eigenvalue weighted by Crippen LogP contribution is -2.45. The fraction of sp³-hybridized carbons (Fsp3) is 0.550. The lowest BCUT2D eigenvalue weighted by Gasteiger charge is -2.36. The molecule has 2 aliphatic rings. The summed E-state index contributed by atoms with van der Waals surface area (Å²) >= 11 is 0. The van der Waals surface area contributed by atoms with E-state index in [1.54, 1.807) is 6.08 Å². The smallest absolute Gasteiger partial charge is 0.246 e. The highest BCUT2D eigenvalue weighted by Crippen LogP contribution is 2.26. The van der Waals surface area contributed by atoms with Crippen molar-refractivity contribution >= 4 is 12.0 Å². The summed E-state index contributed by atoms with van der Waals surface area (Å²) in [7, 11) is 2.11. The molecule has 1 aromatic carbocycles. The Bertz CT molecular complexity index is 621. The van der Waals surface area contributed by atoms with Crippen LogP contribution in [0.1, 0.15) is 30.4 Å². The average Bonchev–Trinajstić information content (AvgIpc) is 3.12. The van der Waals surface area contributed by atoms with Crippen LogP contribution in [0.4, 0.5) is 0 Å². The number of hydrogen-bond donors (Lipinski definition) is 1. The van der Waals surface area contributed by atoms with Crippen LogP contribution < -0.4 is 4.74 Å². The van der Waals surface area contributed by atoms with E-state index in [4.69, 9.17) is 9.84 Å². The second-order valence-electron chi connectivity index (χ2n) is 6.91. The predicted molar refractivity (Wildman–Crippen MR) is 98.6 cm³/mol. The predicted octanol–water partition coefficient (Wildman–Crippen LogP) is 1.94. The minimum atomic E-state index is 0.0909. The van der Waals surface area contributed by atoms with Gasteiger partial charge in [-0.1, -0.05) is 6.07 Å². The van der Waals surface area contributed by atoms with E-state index >= 15 is 0 Å². The normalized spacial score (nSPS) is 18.0. The van der Waals surface area contributed by atoms with Crippen LogP contribution in [0.15, 0.2) is 24.3 Å². The van der Waals surface area contributed by atoms with Crippen molar-refractivity contribution in [2.24, 2.45) is 0 Å². The van der Waals surface area contributed by atoms with Crippen LogP contribution in [0.5, 0.6) is 5.75 Å². The van der Waals surface area contributed by atoms with Gasteiger partial charge in [0.25, 0.3) is 0 Å². The van der Waals surface area contributed by atoms with Crippen LogP contribution in [-0.4, -0.2) is 66.8 Å². The highest BCUT2D eigenvalue weighted by atomic mass is 16.5. The molecule has 3 rings (SSSR count). The average molecular weight is 344 g/mol. The highest BCUT2D eigenvalue weighted by Gasteiger charge is 2.24. The molecule has 0 bridgehead atoms. The number of ether oxygens (including phenoxy) is 1. The van der Waals surface area contributed by atoms with Gasteiger partial charge in [-0.2, -0.15) is 0 Å². The van der Waals surface area contributed by atoms with Gasteiger partial charge in [-0.05, 0) is 55.6 Å². The standard InChI is InChI=1S/C20H28N2O3/c1-21(10-2-13-23)18-7-11-22(12-8-18)20(24)6-4-16-3-5-19-17(15-16)9-14-25-19/h3-6,15,18,23H,2,7-14H2,1H3/b6-4+. The van der Waals surface area contributed by atoms with E-state index in [2.05, 4.69) is 18.0 Å². The minimum absolute atomic E-state index is 0.0909. The Morgan fingerprint density at radius 2 is 2.20 bits per heavy atom. The number of carbonyl (C=O) groups excluding carboxylic acids is 1. The Kier molecular flexibility index (Phi) is 6.10. The molecule has 0 spiro atoms. The molecule has 0 aromatic heterocycles. The van der Waals surface area contributed by atoms with Crippen molar-refractivity contribution in [2.75, 3.05) is 39.9 Å². The molecule has 0 aliphatic carbocycles. The maximum atomic E-state index is 12.4. The molecule has 0 saturated carbocycles. The van der Waals surface area contributed by atoms with Crippen LogP contribution in [0.2, 0.25) is 0 Å². The maximum Gasteiger partial charge on any atom is 0.246 e. The molecular weight excluding hydrogens is 316 g/mol. The highest BCUT2D eigenvalue weighted by molar-refractivity contribution is 5.91. The molecule has 1 amide bonds. The number of carbonyl (C=O) groups is 1. The van der Waals surface area contributed by atoms with Crippen LogP contribution >= 0.6 is 0 Å². The first-order valence-electron chi connectivity index (χ1n) is 9.21. The Labute approximate surface area is 149 Å². The molecular formula is C20H28N2O3. The summed E-state index contributed by atoms with van der Waals surface area (Å²) in [5.74, 6) is 1.06. The van der Waals surface area contributed by atoms with Crippen molar-refractivity contribution in [2.45, 2.75) is 31.7 Å². The van der Waals surface area contributed by atoms with Gasteiger partial charge in [0, 0.05) is 44.8 Å². The van der Waals surface area contributed by atoms with Crippen molar-refractivity contribution < 1.29 is 14.6 Å². The molecule has 0 radical (unpaired) electrons. The van der Waals surface area contributed by atoms with E-state index in [1.807, 2.05) is 23.1 Å². The zero-order valence-electron chi connectivity index (χ0n) is 15.0. The number of benzene rings is 1. The number of aliphatic hydroxyl groups is 1. The van der Waals surface area contributed by atoms with Gasteiger partial charge in [0.1, 0.15) is 5.75 Å². The van der Waals surface area contributed by atoms with Crippen LogP contribution in [0, 0.1) is 0 Å². The first-order chi connectivity index (χ1) is 12.2.